The van der Waals surface area contributed by atoms with E-state index in [0.717, 1.165) is 29.0 Å². The molecule has 0 spiro atoms. The number of carbonyl (C=O) groups is 1. The average molecular weight is 233 g/mol. The van der Waals surface area contributed by atoms with Crippen LogP contribution >= 0.6 is 0 Å². The standard InChI is InChI=1S/C14H19NO2/c1-5-9(3)13-14(16)15-11-7-8(2)6-10(4)12(11)17-13/h6-7,9,13H,5H2,1-4H3,(H,15,16)/t9-,13+/m0/s1. The van der Waals surface area contributed by atoms with Crippen LogP contribution in [0, 0.1) is 19.8 Å². The van der Waals surface area contributed by atoms with Crippen LogP contribution in [-0.2, 0) is 4.79 Å². The molecule has 1 aromatic rings. The normalized spacial score (nSPS) is 20.2. The lowest BCUT2D eigenvalue weighted by Crippen LogP contribution is -2.41. The number of fused-ring (bicyclic) bond motifs is 1. The summed E-state index contributed by atoms with van der Waals surface area (Å²) in [5.41, 5.74) is 3.01. The molecule has 1 aromatic carbocycles. The Bertz CT molecular complexity index is 454. The van der Waals surface area contributed by atoms with E-state index in [1.807, 2.05) is 26.8 Å². The Morgan fingerprint density at radius 3 is 2.76 bits per heavy atom. The third-order valence-corrected chi connectivity index (χ3v) is 3.34. The van der Waals surface area contributed by atoms with Crippen molar-refractivity contribution in [2.45, 2.75) is 40.2 Å². The molecule has 1 N–H and O–H groups in total. The van der Waals surface area contributed by atoms with Crippen LogP contribution in [0.15, 0.2) is 12.1 Å². The van der Waals surface area contributed by atoms with Crippen molar-refractivity contribution in [2.24, 2.45) is 5.92 Å². The minimum Gasteiger partial charge on any atom is -0.478 e. The molecule has 3 heteroatoms. The minimum atomic E-state index is -0.367. The number of hydrogen-bond acceptors (Lipinski definition) is 2. The fourth-order valence-electron chi connectivity index (χ4n) is 2.18. The highest BCUT2D eigenvalue weighted by Gasteiger charge is 2.32. The molecule has 0 fully saturated rings. The number of nitrogens with one attached hydrogen (secondary N) is 1. The van der Waals surface area contributed by atoms with Crippen LogP contribution in [0.1, 0.15) is 31.4 Å². The van der Waals surface area contributed by atoms with Crippen LogP contribution in [0.4, 0.5) is 5.69 Å². The quantitative estimate of drug-likeness (QED) is 0.852. The van der Waals surface area contributed by atoms with Crippen molar-refractivity contribution < 1.29 is 9.53 Å². The highest BCUT2D eigenvalue weighted by molar-refractivity contribution is 5.98. The summed E-state index contributed by atoms with van der Waals surface area (Å²) in [4.78, 5) is 11.9. The summed E-state index contributed by atoms with van der Waals surface area (Å²) >= 11 is 0. The molecule has 1 heterocycles. The number of anilines is 1. The van der Waals surface area contributed by atoms with E-state index in [0.29, 0.717) is 0 Å². The van der Waals surface area contributed by atoms with Crippen LogP contribution in [0.2, 0.25) is 0 Å². The zero-order chi connectivity index (χ0) is 12.6. The molecule has 0 saturated heterocycles. The Morgan fingerprint density at radius 2 is 2.12 bits per heavy atom. The number of benzene rings is 1. The zero-order valence-corrected chi connectivity index (χ0v) is 10.8. The third kappa shape index (κ3) is 2.14. The molecule has 2 rings (SSSR count). The average Bonchev–Trinajstić information content (AvgIpc) is 2.27. The van der Waals surface area contributed by atoms with Gasteiger partial charge in [0.15, 0.2) is 6.10 Å². The van der Waals surface area contributed by atoms with Crippen molar-refractivity contribution >= 4 is 11.6 Å². The highest BCUT2D eigenvalue weighted by atomic mass is 16.5. The van der Waals surface area contributed by atoms with E-state index < -0.39 is 0 Å². The number of amides is 1. The molecular formula is C14H19NO2. The van der Waals surface area contributed by atoms with E-state index in [1.165, 1.54) is 0 Å². The molecular weight excluding hydrogens is 214 g/mol. The van der Waals surface area contributed by atoms with Crippen molar-refractivity contribution in [1.29, 1.82) is 0 Å². The molecule has 92 valence electrons. The fraction of sp³-hybridized carbons (Fsp3) is 0.500. The second kappa shape index (κ2) is 4.40. The lowest BCUT2D eigenvalue weighted by molar-refractivity contribution is -0.125. The number of hydrogen-bond donors (Lipinski definition) is 1. The van der Waals surface area contributed by atoms with Crippen molar-refractivity contribution in [3.63, 3.8) is 0 Å². The smallest absolute Gasteiger partial charge is 0.265 e. The largest absolute Gasteiger partial charge is 0.478 e. The lowest BCUT2D eigenvalue weighted by atomic mass is 9.98. The Kier molecular flexibility index (Phi) is 3.09. The predicted molar refractivity (Wildman–Crippen MR) is 68.4 cm³/mol. The van der Waals surface area contributed by atoms with E-state index in [9.17, 15) is 4.79 Å². The first-order valence-electron chi connectivity index (χ1n) is 6.11. The van der Waals surface area contributed by atoms with Gasteiger partial charge in [-0.1, -0.05) is 19.9 Å². The topological polar surface area (TPSA) is 38.3 Å². The third-order valence-electron chi connectivity index (χ3n) is 3.34. The van der Waals surface area contributed by atoms with Gasteiger partial charge in [-0.05, 0) is 37.5 Å². The maximum Gasteiger partial charge on any atom is 0.265 e. The van der Waals surface area contributed by atoms with Gasteiger partial charge >= 0.3 is 0 Å². The molecule has 3 nitrogen and oxygen atoms in total. The molecule has 0 aromatic heterocycles. The molecule has 1 aliphatic heterocycles. The molecule has 0 radical (unpaired) electrons. The van der Waals surface area contributed by atoms with E-state index in [2.05, 4.69) is 18.3 Å². The van der Waals surface area contributed by atoms with Gasteiger partial charge in [-0.15, -0.1) is 0 Å². The van der Waals surface area contributed by atoms with Crippen LogP contribution in [-0.4, -0.2) is 12.0 Å². The summed E-state index contributed by atoms with van der Waals surface area (Å²) in [5, 5.41) is 2.94. The maximum absolute atomic E-state index is 11.9. The maximum atomic E-state index is 11.9. The molecule has 1 amide bonds. The zero-order valence-electron chi connectivity index (χ0n) is 10.8. The first-order chi connectivity index (χ1) is 8.02. The van der Waals surface area contributed by atoms with Gasteiger partial charge in [-0.25, -0.2) is 0 Å². The van der Waals surface area contributed by atoms with Crippen molar-refractivity contribution in [3.05, 3.63) is 23.3 Å². The van der Waals surface area contributed by atoms with Crippen molar-refractivity contribution in [2.75, 3.05) is 5.32 Å². The van der Waals surface area contributed by atoms with Crippen molar-refractivity contribution in [3.8, 4) is 5.75 Å². The molecule has 0 bridgehead atoms. The minimum absolute atomic E-state index is 0.0307. The lowest BCUT2D eigenvalue weighted by Gasteiger charge is -2.30. The fourth-order valence-corrected chi connectivity index (χ4v) is 2.18. The van der Waals surface area contributed by atoms with Gasteiger partial charge in [-0.2, -0.15) is 0 Å². The molecule has 17 heavy (non-hydrogen) atoms. The number of aryl methyl sites for hydroxylation is 2. The van der Waals surface area contributed by atoms with Crippen LogP contribution in [0.25, 0.3) is 0 Å². The van der Waals surface area contributed by atoms with E-state index in [4.69, 9.17) is 4.74 Å². The van der Waals surface area contributed by atoms with Crippen LogP contribution in [0.3, 0.4) is 0 Å². The van der Waals surface area contributed by atoms with Crippen molar-refractivity contribution in [1.82, 2.24) is 0 Å². The summed E-state index contributed by atoms with van der Waals surface area (Å²) in [7, 11) is 0. The Hall–Kier alpha value is -1.51. The molecule has 2 atom stereocenters. The second-order valence-corrected chi connectivity index (χ2v) is 4.87. The Labute approximate surface area is 102 Å². The van der Waals surface area contributed by atoms with Gasteiger partial charge in [0.25, 0.3) is 5.91 Å². The summed E-state index contributed by atoms with van der Waals surface area (Å²) in [6.45, 7) is 8.13. The number of ether oxygens (including phenoxy) is 1. The van der Waals surface area contributed by atoms with E-state index in [-0.39, 0.29) is 17.9 Å². The second-order valence-electron chi connectivity index (χ2n) is 4.87. The molecule has 0 saturated carbocycles. The predicted octanol–water partition coefficient (Wildman–Crippen LogP) is 3.05. The summed E-state index contributed by atoms with van der Waals surface area (Å²) < 4.78 is 5.87. The first-order valence-corrected chi connectivity index (χ1v) is 6.11. The van der Waals surface area contributed by atoms with E-state index >= 15 is 0 Å². The van der Waals surface area contributed by atoms with Gasteiger partial charge in [0.2, 0.25) is 0 Å². The van der Waals surface area contributed by atoms with Gasteiger partial charge < -0.3 is 10.1 Å². The van der Waals surface area contributed by atoms with Crippen LogP contribution < -0.4 is 10.1 Å². The highest BCUT2D eigenvalue weighted by Crippen LogP contribution is 2.35. The monoisotopic (exact) mass is 233 g/mol. The van der Waals surface area contributed by atoms with Gasteiger partial charge in [0.1, 0.15) is 5.75 Å². The van der Waals surface area contributed by atoms with Crippen LogP contribution in [0.5, 0.6) is 5.75 Å². The van der Waals surface area contributed by atoms with E-state index in [1.54, 1.807) is 0 Å². The first kappa shape index (κ1) is 12.0. The Balaban J connectivity index is 2.37. The Morgan fingerprint density at radius 1 is 1.41 bits per heavy atom. The summed E-state index contributed by atoms with van der Waals surface area (Å²) in [6, 6.07) is 4.02. The van der Waals surface area contributed by atoms with Gasteiger partial charge in [0.05, 0.1) is 5.69 Å². The van der Waals surface area contributed by atoms with Gasteiger partial charge in [-0.3, -0.25) is 4.79 Å². The van der Waals surface area contributed by atoms with Gasteiger partial charge in [0, 0.05) is 5.92 Å². The number of carbonyl (C=O) groups excluding carboxylic acids is 1. The number of rotatable bonds is 2. The molecule has 0 aliphatic carbocycles. The summed E-state index contributed by atoms with van der Waals surface area (Å²) in [5.74, 6) is 1.02. The SMILES string of the molecule is CC[C@H](C)[C@H]1Oc2c(C)cc(C)cc2NC1=O. The molecule has 0 unspecified atom stereocenters. The molecule has 1 aliphatic rings. The summed E-state index contributed by atoms with van der Waals surface area (Å²) in [6.07, 6.45) is 0.562.